The Bertz CT molecular complexity index is 991. The normalized spacial score (nSPS) is 18.2. The van der Waals surface area contributed by atoms with Crippen molar-refractivity contribution >= 4 is 29.9 Å². The Hall–Kier alpha value is -3.94. The molecule has 0 saturated carbocycles. The van der Waals surface area contributed by atoms with E-state index in [2.05, 4.69) is 10.7 Å². The van der Waals surface area contributed by atoms with E-state index in [4.69, 9.17) is 4.74 Å². The van der Waals surface area contributed by atoms with Crippen molar-refractivity contribution in [1.29, 1.82) is 0 Å². The number of nitrogens with zero attached hydrogens (tertiary/aromatic N) is 1. The number of benzene rings is 2. The van der Waals surface area contributed by atoms with E-state index < -0.39 is 36.0 Å². The van der Waals surface area contributed by atoms with Gasteiger partial charge in [-0.1, -0.05) is 60.7 Å². The molecule has 0 radical (unpaired) electrons. The van der Waals surface area contributed by atoms with E-state index in [0.717, 1.165) is 11.1 Å². The predicted octanol–water partition coefficient (Wildman–Crippen LogP) is 2.22. The second-order valence-corrected chi connectivity index (χ2v) is 7.28. The standard InChI is InChI=1S/C23H23N3O5/c1-23(15-14-18-10-6-3-7-11-18)21(29)26(22(30)24-23)25-19(27)16-31-20(28)13-12-17-8-4-2-5-9-17/h2-13H,14-16H2,1H3,(H,24,30)(H,25,27)/b13-12+/t23-/m1/s1. The highest BCUT2D eigenvalue weighted by Gasteiger charge is 2.48. The van der Waals surface area contributed by atoms with Crippen LogP contribution in [0.25, 0.3) is 6.08 Å². The summed E-state index contributed by atoms with van der Waals surface area (Å²) in [4.78, 5) is 48.7. The highest BCUT2D eigenvalue weighted by Crippen LogP contribution is 2.22. The monoisotopic (exact) mass is 421 g/mol. The Kier molecular flexibility index (Phi) is 6.81. The molecule has 1 atom stereocenters. The van der Waals surface area contributed by atoms with Crippen LogP contribution in [-0.2, 0) is 25.5 Å². The van der Waals surface area contributed by atoms with Gasteiger partial charge in [-0.15, -0.1) is 0 Å². The zero-order chi connectivity index (χ0) is 22.3. The maximum atomic E-state index is 12.7. The lowest BCUT2D eigenvalue weighted by Gasteiger charge is -2.21. The molecule has 160 valence electrons. The second-order valence-electron chi connectivity index (χ2n) is 7.28. The summed E-state index contributed by atoms with van der Waals surface area (Å²) in [5.74, 6) is -2.08. The van der Waals surface area contributed by atoms with Gasteiger partial charge in [0.05, 0.1) is 0 Å². The Balaban J connectivity index is 1.49. The van der Waals surface area contributed by atoms with E-state index in [9.17, 15) is 19.2 Å². The number of nitrogens with one attached hydrogen (secondary N) is 2. The van der Waals surface area contributed by atoms with Crippen LogP contribution in [0.5, 0.6) is 0 Å². The average Bonchev–Trinajstić information content (AvgIpc) is 2.99. The molecule has 3 rings (SSSR count). The van der Waals surface area contributed by atoms with Gasteiger partial charge in [0.25, 0.3) is 11.8 Å². The van der Waals surface area contributed by atoms with Gasteiger partial charge in [-0.3, -0.25) is 15.0 Å². The number of esters is 1. The van der Waals surface area contributed by atoms with Crippen LogP contribution in [0, 0.1) is 0 Å². The lowest BCUT2D eigenvalue weighted by Crippen LogP contribution is -2.49. The summed E-state index contributed by atoms with van der Waals surface area (Å²) in [5, 5.41) is 3.24. The van der Waals surface area contributed by atoms with Crippen LogP contribution in [0.3, 0.4) is 0 Å². The molecule has 31 heavy (non-hydrogen) atoms. The molecular formula is C23H23N3O5. The zero-order valence-electron chi connectivity index (χ0n) is 17.0. The minimum Gasteiger partial charge on any atom is -0.452 e. The fourth-order valence-electron chi connectivity index (χ4n) is 3.06. The van der Waals surface area contributed by atoms with Crippen molar-refractivity contribution in [3.63, 3.8) is 0 Å². The molecule has 4 amide bonds. The van der Waals surface area contributed by atoms with Crippen molar-refractivity contribution in [3.8, 4) is 0 Å². The second kappa shape index (κ2) is 9.71. The lowest BCUT2D eigenvalue weighted by atomic mass is 9.93. The number of imide groups is 1. The van der Waals surface area contributed by atoms with Gasteiger partial charge in [-0.2, -0.15) is 5.01 Å². The number of carbonyl (C=O) groups is 4. The molecule has 8 nitrogen and oxygen atoms in total. The van der Waals surface area contributed by atoms with Gasteiger partial charge < -0.3 is 10.1 Å². The third-order valence-electron chi connectivity index (χ3n) is 4.81. The summed E-state index contributed by atoms with van der Waals surface area (Å²) in [5.41, 5.74) is 2.88. The Morgan fingerprint density at radius 1 is 1.06 bits per heavy atom. The molecule has 1 heterocycles. The van der Waals surface area contributed by atoms with Crippen molar-refractivity contribution in [2.75, 3.05) is 6.61 Å². The van der Waals surface area contributed by atoms with Crippen molar-refractivity contribution in [2.45, 2.75) is 25.3 Å². The van der Waals surface area contributed by atoms with Crippen LogP contribution in [0.15, 0.2) is 66.7 Å². The third kappa shape index (κ3) is 5.79. The molecule has 0 unspecified atom stereocenters. The van der Waals surface area contributed by atoms with Crippen LogP contribution < -0.4 is 10.7 Å². The number of hydrogen-bond acceptors (Lipinski definition) is 5. The quantitative estimate of drug-likeness (QED) is 0.386. The number of urea groups is 1. The SMILES string of the molecule is C[C@]1(CCc2ccccc2)NC(=O)N(NC(=O)COC(=O)/C=C/c2ccccc2)C1=O. The van der Waals surface area contributed by atoms with Gasteiger partial charge in [0.2, 0.25) is 0 Å². The summed E-state index contributed by atoms with van der Waals surface area (Å²) in [7, 11) is 0. The highest BCUT2D eigenvalue weighted by molar-refractivity contribution is 6.07. The van der Waals surface area contributed by atoms with E-state index in [1.807, 2.05) is 60.7 Å². The summed E-state index contributed by atoms with van der Waals surface area (Å²) >= 11 is 0. The minimum atomic E-state index is -1.14. The smallest absolute Gasteiger partial charge is 0.344 e. The predicted molar refractivity (Wildman–Crippen MR) is 113 cm³/mol. The molecule has 0 aromatic heterocycles. The molecule has 0 aliphatic carbocycles. The lowest BCUT2D eigenvalue weighted by molar-refractivity contribution is -0.147. The van der Waals surface area contributed by atoms with E-state index in [0.29, 0.717) is 17.9 Å². The summed E-state index contributed by atoms with van der Waals surface area (Å²) < 4.78 is 4.86. The molecule has 0 spiro atoms. The largest absolute Gasteiger partial charge is 0.452 e. The molecule has 1 fully saturated rings. The Labute approximate surface area is 179 Å². The minimum absolute atomic E-state index is 0.368. The van der Waals surface area contributed by atoms with Gasteiger partial charge in [-0.25, -0.2) is 9.59 Å². The number of ether oxygens (including phenoxy) is 1. The topological polar surface area (TPSA) is 105 Å². The van der Waals surface area contributed by atoms with Crippen molar-refractivity contribution in [2.24, 2.45) is 0 Å². The summed E-state index contributed by atoms with van der Waals surface area (Å²) in [6, 6.07) is 17.9. The van der Waals surface area contributed by atoms with Gasteiger partial charge in [0.1, 0.15) is 5.54 Å². The molecule has 0 bridgehead atoms. The Morgan fingerprint density at radius 3 is 2.39 bits per heavy atom. The fourth-order valence-corrected chi connectivity index (χ4v) is 3.06. The molecular weight excluding hydrogens is 398 g/mol. The van der Waals surface area contributed by atoms with Crippen molar-refractivity contribution in [3.05, 3.63) is 77.9 Å². The molecule has 8 heteroatoms. The molecule has 2 aromatic carbocycles. The molecule has 2 N–H and O–H groups in total. The van der Waals surface area contributed by atoms with Crippen molar-refractivity contribution < 1.29 is 23.9 Å². The van der Waals surface area contributed by atoms with E-state index >= 15 is 0 Å². The van der Waals surface area contributed by atoms with Crippen LogP contribution in [0.4, 0.5) is 4.79 Å². The number of carbonyl (C=O) groups excluding carboxylic acids is 4. The average molecular weight is 421 g/mol. The number of hydrazine groups is 1. The van der Waals surface area contributed by atoms with Gasteiger partial charge >= 0.3 is 12.0 Å². The Morgan fingerprint density at radius 2 is 1.71 bits per heavy atom. The van der Waals surface area contributed by atoms with E-state index in [-0.39, 0.29) is 0 Å². The first kappa shape index (κ1) is 21.8. The number of aryl methyl sites for hydroxylation is 1. The zero-order valence-corrected chi connectivity index (χ0v) is 17.0. The van der Waals surface area contributed by atoms with Gasteiger partial charge in [0.15, 0.2) is 6.61 Å². The summed E-state index contributed by atoms with van der Waals surface area (Å²) in [6.45, 7) is 0.979. The number of rotatable bonds is 8. The van der Waals surface area contributed by atoms with Crippen LogP contribution in [0.2, 0.25) is 0 Å². The highest BCUT2D eigenvalue weighted by atomic mass is 16.5. The fraction of sp³-hybridized carbons (Fsp3) is 0.217. The molecule has 1 aliphatic heterocycles. The number of hydrogen-bond donors (Lipinski definition) is 2. The molecule has 1 aliphatic rings. The maximum absolute atomic E-state index is 12.7. The van der Waals surface area contributed by atoms with Crippen LogP contribution >= 0.6 is 0 Å². The van der Waals surface area contributed by atoms with Crippen LogP contribution in [0.1, 0.15) is 24.5 Å². The van der Waals surface area contributed by atoms with E-state index in [1.165, 1.54) is 6.08 Å². The summed E-state index contributed by atoms with van der Waals surface area (Å²) in [6.07, 6.45) is 3.69. The molecule has 1 saturated heterocycles. The number of amides is 4. The first-order chi connectivity index (χ1) is 14.9. The maximum Gasteiger partial charge on any atom is 0.344 e. The van der Waals surface area contributed by atoms with Crippen molar-refractivity contribution in [1.82, 2.24) is 15.8 Å². The van der Waals surface area contributed by atoms with E-state index in [1.54, 1.807) is 13.0 Å². The van der Waals surface area contributed by atoms with Crippen LogP contribution in [-0.4, -0.2) is 41.0 Å². The van der Waals surface area contributed by atoms with Gasteiger partial charge in [0, 0.05) is 6.08 Å². The molecule has 2 aromatic rings. The first-order valence-electron chi connectivity index (χ1n) is 9.77. The first-order valence-corrected chi connectivity index (χ1v) is 9.77. The van der Waals surface area contributed by atoms with Gasteiger partial charge in [-0.05, 0) is 37.0 Å². The third-order valence-corrected chi connectivity index (χ3v) is 4.81.